The number of nitrogens with zero attached hydrogens (tertiary/aromatic N) is 9. The van der Waals surface area contributed by atoms with E-state index in [1.165, 1.54) is 67.2 Å². The van der Waals surface area contributed by atoms with Crippen molar-refractivity contribution >= 4 is 107 Å². The lowest BCUT2D eigenvalue weighted by Crippen LogP contribution is -2.42. The van der Waals surface area contributed by atoms with Crippen molar-refractivity contribution in [3.05, 3.63) is 84.7 Å². The molecule has 4 aliphatic rings. The quantitative estimate of drug-likeness (QED) is 0.0723. The van der Waals surface area contributed by atoms with Crippen LogP contribution in [0, 0.1) is 11.6 Å². The molecule has 1 N–H and O–H groups in total. The van der Waals surface area contributed by atoms with Crippen molar-refractivity contribution in [3.63, 3.8) is 0 Å². The van der Waals surface area contributed by atoms with Gasteiger partial charge in [0.15, 0.2) is 13.2 Å². The Kier molecular flexibility index (Phi) is 21.6. The summed E-state index contributed by atoms with van der Waals surface area (Å²) in [6, 6.07) is 16.2. The van der Waals surface area contributed by atoms with Gasteiger partial charge in [-0.1, -0.05) is 0 Å². The number of benzene rings is 2. The molecule has 6 heterocycles. The number of aromatic nitrogens is 2. The molecule has 26 heteroatoms. The summed E-state index contributed by atoms with van der Waals surface area (Å²) in [5.41, 5.74) is 5.57. The number of hydrazone groups is 2. The molecule has 0 radical (unpaired) electrons. The minimum Gasteiger partial charge on any atom is -0.456 e. The molecule has 0 bridgehead atoms. The van der Waals surface area contributed by atoms with Crippen LogP contribution in [0.15, 0.2) is 83.3 Å². The Balaban J connectivity index is 0.000000246. The first-order chi connectivity index (χ1) is 35.8. The standard InChI is InChI=1S/C25H26FN5O6.C21H22FN5O3.C4H5ClO3.ClH/c1-16(32)3-6-20-13-30(25(35)37-20)19-5-7-21(22(26)11-19)18-4-8-23(27-12-18)29-9-10-31(28-15-29)24(34)14-36-17(2)33;1-14(28)2-5-17-12-27(21(29)30-17)16-4-6-18(19(22)10-16)15-3-7-20(23-11-15)26-9-8-24-25-13-26;1-3(6)8-2-4(5)7;/h4-5,7-8,11-12,15,20H,3,6,9-10,13-14H2,1-2H3;3-4,6-7,10-11,13,17,24H,2,5,8-9,12H2,1H3;2H2,1H3;1H/t20-;17-;;/m00../s1. The maximum Gasteiger partial charge on any atom is 0.414 e. The van der Waals surface area contributed by atoms with E-state index in [9.17, 15) is 42.7 Å². The van der Waals surface area contributed by atoms with Crippen molar-refractivity contribution in [1.82, 2.24) is 20.4 Å². The van der Waals surface area contributed by atoms with E-state index in [0.29, 0.717) is 78.2 Å². The summed E-state index contributed by atoms with van der Waals surface area (Å²) in [4.78, 5) is 105. The van der Waals surface area contributed by atoms with Crippen molar-refractivity contribution in [3.8, 4) is 22.3 Å². The minimum atomic E-state index is -0.666. The number of cyclic esters (lactones) is 2. The number of hydrogen-bond acceptors (Lipinski definition) is 19. The van der Waals surface area contributed by atoms with Gasteiger partial charge >= 0.3 is 24.1 Å². The van der Waals surface area contributed by atoms with Crippen LogP contribution in [0.1, 0.15) is 53.4 Å². The number of anilines is 4. The number of Topliss-reactive ketones (excluding diaryl/α,β-unsaturated/α-hetero) is 2. The number of pyridine rings is 2. The molecule has 0 unspecified atom stereocenters. The highest BCUT2D eigenvalue weighted by Gasteiger charge is 2.34. The smallest absolute Gasteiger partial charge is 0.414 e. The SMILES string of the molecule is CC(=O)CC[C@H]1CN(c2ccc(-c3ccc(N4C=NN(C(=O)COC(C)=O)CC4)nc3)c(F)c2)C(=O)O1.CC(=O)CC[C@H]1CN(c2ccc(-c3ccc(N4C=NNCC4)nc3)c(F)c2)C(=O)O1.CC(=O)OCC(=O)Cl.Cl. The number of amides is 3. The zero-order chi connectivity index (χ0) is 54.2. The molecule has 4 aliphatic heterocycles. The summed E-state index contributed by atoms with van der Waals surface area (Å²) in [6.07, 6.45) is 5.95. The highest BCUT2D eigenvalue weighted by molar-refractivity contribution is 6.64. The number of hydrogen-bond donors (Lipinski definition) is 1. The second-order valence-electron chi connectivity index (χ2n) is 17.1. The molecule has 0 aliphatic carbocycles. The summed E-state index contributed by atoms with van der Waals surface area (Å²) in [5, 5.41) is 8.62. The minimum absolute atomic E-state index is 0. The summed E-state index contributed by atoms with van der Waals surface area (Å²) >= 11 is 4.81. The van der Waals surface area contributed by atoms with Gasteiger partial charge in [0.1, 0.15) is 59.7 Å². The van der Waals surface area contributed by atoms with Crippen LogP contribution in [0.25, 0.3) is 22.3 Å². The van der Waals surface area contributed by atoms with Gasteiger partial charge in [0.2, 0.25) is 0 Å². The third-order valence-corrected chi connectivity index (χ3v) is 11.4. The molecule has 22 nitrogen and oxygen atoms in total. The largest absolute Gasteiger partial charge is 0.456 e. The van der Waals surface area contributed by atoms with Crippen LogP contribution in [0.3, 0.4) is 0 Å². The van der Waals surface area contributed by atoms with Gasteiger partial charge in [-0.15, -0.1) is 12.4 Å². The van der Waals surface area contributed by atoms with E-state index in [2.05, 4.69) is 30.3 Å². The Morgan fingerprint density at radius 2 is 1.16 bits per heavy atom. The van der Waals surface area contributed by atoms with Crippen LogP contribution in [0.2, 0.25) is 0 Å². The number of esters is 2. The first-order valence-corrected chi connectivity index (χ1v) is 23.8. The molecule has 76 heavy (non-hydrogen) atoms. The Morgan fingerprint density at radius 3 is 1.53 bits per heavy atom. The lowest BCUT2D eigenvalue weighted by Gasteiger charge is -2.27. The van der Waals surface area contributed by atoms with Gasteiger partial charge in [0, 0.05) is 74.4 Å². The van der Waals surface area contributed by atoms with Crippen LogP contribution < -0.4 is 25.0 Å². The van der Waals surface area contributed by atoms with E-state index < -0.39 is 53.0 Å². The lowest BCUT2D eigenvalue weighted by atomic mass is 10.1. The average Bonchev–Trinajstić information content (AvgIpc) is 3.98. The third kappa shape index (κ3) is 17.0. The second-order valence-corrected chi connectivity index (χ2v) is 17.5. The van der Waals surface area contributed by atoms with Crippen LogP contribution in [-0.2, 0) is 47.7 Å². The highest BCUT2D eigenvalue weighted by Crippen LogP contribution is 2.32. The maximum absolute atomic E-state index is 15.0. The fourth-order valence-corrected chi connectivity index (χ4v) is 7.57. The summed E-state index contributed by atoms with van der Waals surface area (Å²) in [7, 11) is 0. The average molecular weight is 1100 g/mol. The van der Waals surface area contributed by atoms with E-state index in [-0.39, 0.29) is 56.4 Å². The highest BCUT2D eigenvalue weighted by atomic mass is 35.5. The van der Waals surface area contributed by atoms with Gasteiger partial charge in [-0.05, 0) is 99.0 Å². The summed E-state index contributed by atoms with van der Waals surface area (Å²) < 4.78 is 49.3. The monoisotopic (exact) mass is 1090 g/mol. The molecular weight excluding hydrogens is 1040 g/mol. The third-order valence-electron chi connectivity index (χ3n) is 11.3. The molecule has 0 saturated carbocycles. The van der Waals surface area contributed by atoms with E-state index in [4.69, 9.17) is 25.8 Å². The maximum atomic E-state index is 15.0. The molecule has 2 aromatic heterocycles. The Labute approximate surface area is 446 Å². The summed E-state index contributed by atoms with van der Waals surface area (Å²) in [6.45, 7) is 7.44. The molecule has 2 fully saturated rings. The number of carbonyl (C=O) groups excluding carboxylic acids is 8. The van der Waals surface area contributed by atoms with Gasteiger partial charge in [0.25, 0.3) is 11.1 Å². The summed E-state index contributed by atoms with van der Waals surface area (Å²) in [5.74, 6) is -1.08. The van der Waals surface area contributed by atoms with Gasteiger partial charge in [0.05, 0.1) is 37.6 Å². The molecular formula is C50H54Cl2F2N10O12. The predicted molar refractivity (Wildman–Crippen MR) is 277 cm³/mol. The first kappa shape index (κ1) is 58.8. The Bertz CT molecular complexity index is 2810. The molecule has 404 valence electrons. The molecule has 2 aromatic carbocycles. The van der Waals surface area contributed by atoms with Crippen molar-refractivity contribution in [2.45, 2.75) is 65.6 Å². The van der Waals surface area contributed by atoms with Crippen LogP contribution in [0.5, 0.6) is 0 Å². The second kappa shape index (κ2) is 28.0. The fourth-order valence-electron chi connectivity index (χ4n) is 7.52. The Morgan fingerprint density at radius 1 is 0.671 bits per heavy atom. The van der Waals surface area contributed by atoms with Crippen LogP contribution in [0.4, 0.5) is 41.4 Å². The predicted octanol–water partition coefficient (Wildman–Crippen LogP) is 6.41. The van der Waals surface area contributed by atoms with Crippen LogP contribution in [-0.4, -0.2) is 139 Å². The van der Waals surface area contributed by atoms with Crippen molar-refractivity contribution in [1.29, 1.82) is 0 Å². The number of ether oxygens (including phenoxy) is 4. The van der Waals surface area contributed by atoms with Crippen molar-refractivity contribution in [2.75, 3.05) is 72.1 Å². The number of halogens is 4. The molecule has 0 spiro atoms. The number of nitrogens with one attached hydrogen (secondary N) is 1. The van der Waals surface area contributed by atoms with Gasteiger partial charge in [-0.25, -0.2) is 33.3 Å². The normalized spacial score (nSPS) is 16.4. The molecule has 4 aromatic rings. The zero-order valence-electron chi connectivity index (χ0n) is 41.7. The fraction of sp³-hybridized carbons (Fsp3) is 0.360. The Hall–Kier alpha value is -8.12. The first-order valence-electron chi connectivity index (χ1n) is 23.4. The van der Waals surface area contributed by atoms with Crippen molar-refractivity contribution < 1.29 is 66.1 Å². The van der Waals surface area contributed by atoms with E-state index in [1.54, 1.807) is 59.9 Å². The van der Waals surface area contributed by atoms with Crippen LogP contribution >= 0.6 is 24.0 Å². The molecule has 3 amide bonds. The lowest BCUT2D eigenvalue weighted by molar-refractivity contribution is -0.150. The molecule has 8 rings (SSSR count). The number of carbonyl (C=O) groups is 8. The molecule has 2 atom stereocenters. The number of ketones is 2. The number of rotatable bonds is 16. The van der Waals surface area contributed by atoms with Crippen molar-refractivity contribution in [2.24, 2.45) is 10.2 Å². The van der Waals surface area contributed by atoms with Gasteiger partial charge < -0.3 is 43.8 Å². The van der Waals surface area contributed by atoms with E-state index >= 15 is 4.39 Å². The van der Waals surface area contributed by atoms with E-state index in [0.717, 1.165) is 18.9 Å². The van der Waals surface area contributed by atoms with Gasteiger partial charge in [-0.2, -0.15) is 10.2 Å². The zero-order valence-corrected chi connectivity index (χ0v) is 43.3. The molecule has 2 saturated heterocycles. The van der Waals surface area contributed by atoms with E-state index in [1.807, 2.05) is 11.0 Å². The van der Waals surface area contributed by atoms with Gasteiger partial charge in [-0.3, -0.25) is 29.0 Å². The topological polar surface area (TPSA) is 252 Å².